The summed E-state index contributed by atoms with van der Waals surface area (Å²) in [6, 6.07) is 8.46. The lowest BCUT2D eigenvalue weighted by molar-refractivity contribution is -0.118. The van der Waals surface area contributed by atoms with Gasteiger partial charge in [0.25, 0.3) is 0 Å². The molecule has 1 aromatic heterocycles. The third-order valence-corrected chi connectivity index (χ3v) is 7.17. The van der Waals surface area contributed by atoms with E-state index in [0.717, 1.165) is 35.0 Å². The number of ketones is 1. The van der Waals surface area contributed by atoms with E-state index >= 15 is 0 Å². The lowest BCUT2D eigenvalue weighted by Crippen LogP contribution is -2.42. The van der Waals surface area contributed by atoms with Gasteiger partial charge in [0.15, 0.2) is 5.78 Å². The van der Waals surface area contributed by atoms with Gasteiger partial charge in [-0.05, 0) is 36.0 Å². The Hall–Kier alpha value is -1.26. The number of benzene rings is 1. The van der Waals surface area contributed by atoms with Crippen LogP contribution in [-0.4, -0.2) is 10.8 Å². The molecule has 2 nitrogen and oxygen atoms in total. The molecule has 25 heavy (non-hydrogen) atoms. The number of carbonyl (C=O) groups is 1. The van der Waals surface area contributed by atoms with Gasteiger partial charge in [-0.15, -0.1) is 11.3 Å². The highest BCUT2D eigenvalue weighted by atomic mass is 79.9. The average molecular weight is 416 g/mol. The van der Waals surface area contributed by atoms with Gasteiger partial charge >= 0.3 is 0 Å². The van der Waals surface area contributed by atoms with Crippen molar-refractivity contribution < 1.29 is 4.79 Å². The second-order valence-corrected chi connectivity index (χ2v) is 9.76. The summed E-state index contributed by atoms with van der Waals surface area (Å²) in [5.74, 6) is 0.326. The van der Waals surface area contributed by atoms with Crippen molar-refractivity contribution in [1.82, 2.24) is 4.98 Å². The lowest BCUT2D eigenvalue weighted by Gasteiger charge is -2.44. The van der Waals surface area contributed by atoms with Crippen LogP contribution >= 0.6 is 27.3 Å². The summed E-state index contributed by atoms with van der Waals surface area (Å²) >= 11 is 5.32. The lowest BCUT2D eigenvalue weighted by atomic mass is 9.59. The van der Waals surface area contributed by atoms with E-state index in [0.29, 0.717) is 12.2 Å². The van der Waals surface area contributed by atoms with Crippen LogP contribution in [0.4, 0.5) is 0 Å². The summed E-state index contributed by atoms with van der Waals surface area (Å²) in [6.45, 7) is 6.61. The van der Waals surface area contributed by atoms with E-state index in [1.54, 1.807) is 11.3 Å². The van der Waals surface area contributed by atoms with Crippen molar-refractivity contribution in [2.75, 3.05) is 0 Å². The Morgan fingerprint density at radius 2 is 2.08 bits per heavy atom. The first kappa shape index (κ1) is 17.2. The summed E-state index contributed by atoms with van der Waals surface area (Å²) in [5, 5.41) is 0. The number of fused-ring (bicyclic) bond motifs is 1. The Morgan fingerprint density at radius 1 is 1.28 bits per heavy atom. The minimum Gasteiger partial charge on any atom is -0.294 e. The van der Waals surface area contributed by atoms with Crippen molar-refractivity contribution in [3.8, 4) is 0 Å². The molecule has 0 bridgehead atoms. The van der Waals surface area contributed by atoms with Crippen LogP contribution in [0, 0.1) is 5.41 Å². The van der Waals surface area contributed by atoms with E-state index in [1.165, 1.54) is 16.0 Å². The van der Waals surface area contributed by atoms with E-state index in [4.69, 9.17) is 0 Å². The van der Waals surface area contributed by atoms with Crippen molar-refractivity contribution in [1.29, 1.82) is 0 Å². The zero-order valence-corrected chi connectivity index (χ0v) is 17.3. The summed E-state index contributed by atoms with van der Waals surface area (Å²) in [7, 11) is 0. The second-order valence-electron chi connectivity index (χ2n) is 7.99. The first-order chi connectivity index (χ1) is 11.9. The molecule has 0 aliphatic heterocycles. The normalized spacial score (nSPS) is 24.9. The first-order valence-electron chi connectivity index (χ1n) is 8.82. The molecular formula is C21H22BrNOS. The van der Waals surface area contributed by atoms with Gasteiger partial charge in [0.05, 0.1) is 16.6 Å². The third-order valence-electron chi connectivity index (χ3n) is 5.65. The van der Waals surface area contributed by atoms with Gasteiger partial charge in [0.2, 0.25) is 0 Å². The Morgan fingerprint density at radius 3 is 2.80 bits per heavy atom. The summed E-state index contributed by atoms with van der Waals surface area (Å²) in [4.78, 5) is 19.3. The molecule has 0 unspecified atom stereocenters. The summed E-state index contributed by atoms with van der Waals surface area (Å²) in [5.41, 5.74) is 6.37. The van der Waals surface area contributed by atoms with Crippen LogP contribution in [0.25, 0.3) is 0 Å². The van der Waals surface area contributed by atoms with Gasteiger partial charge in [-0.3, -0.25) is 4.79 Å². The monoisotopic (exact) mass is 415 g/mol. The Bertz CT molecular complexity index is 895. The van der Waals surface area contributed by atoms with Gasteiger partial charge in [-0.1, -0.05) is 54.4 Å². The van der Waals surface area contributed by atoms with E-state index in [1.807, 2.05) is 11.6 Å². The van der Waals surface area contributed by atoms with E-state index in [9.17, 15) is 4.79 Å². The molecule has 1 aromatic carbocycles. The molecule has 0 saturated heterocycles. The smallest absolute Gasteiger partial charge is 0.160 e. The van der Waals surface area contributed by atoms with E-state index in [-0.39, 0.29) is 10.8 Å². The molecule has 130 valence electrons. The highest BCUT2D eigenvalue weighted by Crippen LogP contribution is 2.55. The summed E-state index contributed by atoms with van der Waals surface area (Å²) < 4.78 is 1.06. The predicted molar refractivity (Wildman–Crippen MR) is 106 cm³/mol. The molecule has 4 rings (SSSR count). The number of Topliss-reactive ketones (excluding diaryl/α,β-unsaturated/α-hetero) is 1. The zero-order valence-electron chi connectivity index (χ0n) is 14.9. The molecule has 1 heterocycles. The number of hydrogen-bond acceptors (Lipinski definition) is 3. The molecule has 0 amide bonds. The van der Waals surface area contributed by atoms with Crippen molar-refractivity contribution in [2.45, 2.75) is 51.9 Å². The van der Waals surface area contributed by atoms with Crippen LogP contribution in [0.15, 0.2) is 45.4 Å². The SMILES string of the molecule is CC[C@@]1(c2cccc(Br)c2)C2=C(Cc3ncsc31)CC(C)(C)CC2=O. The number of aromatic nitrogens is 1. The van der Waals surface area contributed by atoms with Crippen molar-refractivity contribution in [3.05, 3.63) is 61.5 Å². The minimum absolute atomic E-state index is 0.0419. The molecule has 2 aromatic rings. The highest BCUT2D eigenvalue weighted by molar-refractivity contribution is 9.10. The van der Waals surface area contributed by atoms with Crippen LogP contribution in [0.5, 0.6) is 0 Å². The average Bonchev–Trinajstić information content (AvgIpc) is 3.00. The topological polar surface area (TPSA) is 30.0 Å². The molecule has 2 aliphatic rings. The number of nitrogens with zero attached hydrogens (tertiary/aromatic N) is 1. The van der Waals surface area contributed by atoms with Gasteiger partial charge in [0.1, 0.15) is 0 Å². The van der Waals surface area contributed by atoms with Crippen LogP contribution in [0.2, 0.25) is 0 Å². The van der Waals surface area contributed by atoms with Crippen molar-refractivity contribution in [2.24, 2.45) is 5.41 Å². The molecule has 1 atom stereocenters. The minimum atomic E-state index is -0.346. The van der Waals surface area contributed by atoms with Gasteiger partial charge in [-0.25, -0.2) is 4.98 Å². The van der Waals surface area contributed by atoms with Crippen LogP contribution < -0.4 is 0 Å². The van der Waals surface area contributed by atoms with Crippen molar-refractivity contribution in [3.63, 3.8) is 0 Å². The molecule has 0 N–H and O–H groups in total. The fourth-order valence-electron chi connectivity index (χ4n) is 4.77. The molecule has 0 fully saturated rings. The number of hydrogen-bond donors (Lipinski definition) is 0. The number of rotatable bonds is 2. The second kappa shape index (κ2) is 5.88. The van der Waals surface area contributed by atoms with Gasteiger partial charge in [-0.2, -0.15) is 0 Å². The Labute approximate surface area is 161 Å². The third kappa shape index (κ3) is 2.57. The highest BCUT2D eigenvalue weighted by Gasteiger charge is 2.50. The fourth-order valence-corrected chi connectivity index (χ4v) is 6.28. The number of thiazole rings is 1. The van der Waals surface area contributed by atoms with Gasteiger partial charge < -0.3 is 0 Å². The van der Waals surface area contributed by atoms with Gasteiger partial charge in [0, 0.05) is 27.8 Å². The molecule has 0 spiro atoms. The Balaban J connectivity index is 2.04. The van der Waals surface area contributed by atoms with Crippen LogP contribution in [-0.2, 0) is 16.6 Å². The van der Waals surface area contributed by atoms with Crippen molar-refractivity contribution >= 4 is 33.0 Å². The number of carbonyl (C=O) groups excluding carboxylic acids is 1. The maximum Gasteiger partial charge on any atom is 0.160 e. The molecular weight excluding hydrogens is 394 g/mol. The molecule has 4 heteroatoms. The molecule has 2 aliphatic carbocycles. The Kier molecular flexibility index (Phi) is 4.04. The van der Waals surface area contributed by atoms with E-state index in [2.05, 4.69) is 59.9 Å². The number of allylic oxidation sites excluding steroid dienone is 2. The zero-order chi connectivity index (χ0) is 17.8. The molecule has 0 radical (unpaired) electrons. The molecule has 0 saturated carbocycles. The predicted octanol–water partition coefficient (Wildman–Crippen LogP) is 5.84. The fraction of sp³-hybridized carbons (Fsp3) is 0.429. The standard InChI is InChI=1S/C21H22BrNOS/c1-4-21(14-6-5-7-15(22)9-14)18-13(8-16-19(21)25-12-23-16)10-20(2,3)11-17(18)24/h5-7,9,12H,4,8,10-11H2,1-3H3/t21-/m1/s1. The quantitative estimate of drug-likeness (QED) is 0.615. The van der Waals surface area contributed by atoms with Crippen LogP contribution in [0.3, 0.4) is 0 Å². The maximum absolute atomic E-state index is 13.3. The first-order valence-corrected chi connectivity index (χ1v) is 10.5. The maximum atomic E-state index is 13.3. The van der Waals surface area contributed by atoms with Crippen LogP contribution in [0.1, 0.15) is 56.2 Å². The summed E-state index contributed by atoms with van der Waals surface area (Å²) in [6.07, 6.45) is 3.33. The number of halogens is 1. The van der Waals surface area contributed by atoms with E-state index < -0.39 is 0 Å². The largest absolute Gasteiger partial charge is 0.294 e.